The number of nitrogens with two attached hydrogens (primary N) is 1. The van der Waals surface area contributed by atoms with Crippen molar-refractivity contribution in [3.63, 3.8) is 0 Å². The number of para-hydroxylation sites is 1. The highest BCUT2D eigenvalue weighted by Gasteiger charge is 2.37. The van der Waals surface area contributed by atoms with E-state index in [1.165, 1.54) is 12.1 Å². The number of carbonyl (C=O) groups is 2. The molecule has 3 rings (SSSR count). The van der Waals surface area contributed by atoms with Gasteiger partial charge in [-0.25, -0.2) is 4.90 Å². The Hall–Kier alpha value is -3.13. The Morgan fingerprint density at radius 3 is 2.45 bits per heavy atom. The zero-order valence-corrected chi connectivity index (χ0v) is 10.3. The lowest BCUT2D eigenvalue weighted by Gasteiger charge is -2.14. The van der Waals surface area contributed by atoms with Gasteiger partial charge in [0.25, 0.3) is 11.8 Å². The van der Waals surface area contributed by atoms with Crippen molar-refractivity contribution in [2.45, 2.75) is 0 Å². The molecule has 0 bridgehead atoms. The number of amides is 2. The van der Waals surface area contributed by atoms with Crippen LogP contribution in [0.25, 0.3) is 0 Å². The lowest BCUT2D eigenvalue weighted by atomic mass is 10.1. The van der Waals surface area contributed by atoms with E-state index in [1.807, 2.05) is 6.07 Å². The minimum Gasteiger partial charge on any atom is -0.399 e. The Kier molecular flexibility index (Phi) is 2.51. The summed E-state index contributed by atoms with van der Waals surface area (Å²) in [4.78, 5) is 25.7. The molecule has 1 aliphatic heterocycles. The van der Waals surface area contributed by atoms with Crippen molar-refractivity contribution in [2.24, 2.45) is 0 Å². The third-order valence-corrected chi connectivity index (χ3v) is 3.18. The number of rotatable bonds is 1. The number of benzene rings is 2. The van der Waals surface area contributed by atoms with Crippen LogP contribution in [0.1, 0.15) is 26.3 Å². The van der Waals surface area contributed by atoms with Gasteiger partial charge in [-0.2, -0.15) is 5.26 Å². The van der Waals surface area contributed by atoms with Crippen molar-refractivity contribution in [3.05, 3.63) is 59.2 Å². The summed E-state index contributed by atoms with van der Waals surface area (Å²) >= 11 is 0. The number of hydrogen-bond donors (Lipinski definition) is 1. The van der Waals surface area contributed by atoms with Gasteiger partial charge in [0.2, 0.25) is 0 Å². The highest BCUT2D eigenvalue weighted by Crippen LogP contribution is 2.31. The van der Waals surface area contributed by atoms with E-state index in [9.17, 15) is 9.59 Å². The van der Waals surface area contributed by atoms with Gasteiger partial charge in [-0.3, -0.25) is 9.59 Å². The van der Waals surface area contributed by atoms with Crippen LogP contribution >= 0.6 is 0 Å². The van der Waals surface area contributed by atoms with E-state index in [0.717, 1.165) is 4.90 Å². The molecule has 2 N–H and O–H groups in total. The predicted octanol–water partition coefficient (Wildman–Crippen LogP) is 1.94. The quantitative estimate of drug-likeness (QED) is 0.629. The van der Waals surface area contributed by atoms with E-state index in [1.54, 1.807) is 30.3 Å². The number of nitrogen functional groups attached to an aromatic ring is 1. The molecule has 0 fully saturated rings. The molecule has 0 atom stereocenters. The van der Waals surface area contributed by atoms with Gasteiger partial charge in [-0.1, -0.05) is 12.1 Å². The van der Waals surface area contributed by atoms with E-state index in [0.29, 0.717) is 16.9 Å². The highest BCUT2D eigenvalue weighted by atomic mass is 16.2. The van der Waals surface area contributed by atoms with E-state index in [4.69, 9.17) is 11.0 Å². The van der Waals surface area contributed by atoms with Gasteiger partial charge in [-0.05, 0) is 30.3 Å². The Labute approximate surface area is 114 Å². The monoisotopic (exact) mass is 263 g/mol. The Morgan fingerprint density at radius 2 is 1.70 bits per heavy atom. The van der Waals surface area contributed by atoms with Crippen molar-refractivity contribution < 1.29 is 9.59 Å². The molecule has 0 saturated heterocycles. The molecule has 0 unspecified atom stereocenters. The standard InChI is InChI=1S/C15H9N3O2/c16-8-9-3-1-2-4-13(9)18-14(19)11-6-5-10(17)7-12(11)15(18)20/h1-7H,17H2. The number of hydrogen-bond acceptors (Lipinski definition) is 4. The van der Waals surface area contributed by atoms with Crippen LogP contribution in [0, 0.1) is 11.3 Å². The molecule has 96 valence electrons. The SMILES string of the molecule is N#Cc1ccccc1N1C(=O)c2ccc(N)cc2C1=O. The lowest BCUT2D eigenvalue weighted by Crippen LogP contribution is -2.30. The second kappa shape index (κ2) is 4.21. The number of nitriles is 1. The fourth-order valence-electron chi connectivity index (χ4n) is 2.24. The minimum absolute atomic E-state index is 0.266. The first-order valence-corrected chi connectivity index (χ1v) is 5.91. The van der Waals surface area contributed by atoms with E-state index in [-0.39, 0.29) is 11.1 Å². The van der Waals surface area contributed by atoms with Gasteiger partial charge in [0.1, 0.15) is 6.07 Å². The Balaban J connectivity index is 2.17. The highest BCUT2D eigenvalue weighted by molar-refractivity contribution is 6.35. The maximum Gasteiger partial charge on any atom is 0.266 e. The average Bonchev–Trinajstić information content (AvgIpc) is 2.70. The van der Waals surface area contributed by atoms with Crippen molar-refractivity contribution in [3.8, 4) is 6.07 Å². The Bertz CT molecular complexity index is 790. The normalized spacial score (nSPS) is 13.2. The maximum atomic E-state index is 12.4. The van der Waals surface area contributed by atoms with Crippen LogP contribution in [0.5, 0.6) is 0 Å². The third kappa shape index (κ3) is 1.56. The number of fused-ring (bicyclic) bond motifs is 1. The summed E-state index contributed by atoms with van der Waals surface area (Å²) in [6.07, 6.45) is 0. The van der Waals surface area contributed by atoms with Gasteiger partial charge in [0.05, 0.1) is 22.4 Å². The van der Waals surface area contributed by atoms with Crippen molar-refractivity contribution in [1.82, 2.24) is 0 Å². The molecule has 2 aromatic rings. The zero-order chi connectivity index (χ0) is 14.3. The third-order valence-electron chi connectivity index (χ3n) is 3.18. The van der Waals surface area contributed by atoms with Gasteiger partial charge in [-0.15, -0.1) is 0 Å². The van der Waals surface area contributed by atoms with Crippen LogP contribution in [-0.2, 0) is 0 Å². The van der Waals surface area contributed by atoms with E-state index < -0.39 is 11.8 Å². The number of carbonyl (C=O) groups excluding carboxylic acids is 2. The number of nitrogens with zero attached hydrogens (tertiary/aromatic N) is 2. The fourth-order valence-corrected chi connectivity index (χ4v) is 2.24. The van der Waals surface area contributed by atoms with Crippen LogP contribution in [0.4, 0.5) is 11.4 Å². The molecule has 2 aromatic carbocycles. The van der Waals surface area contributed by atoms with Crippen LogP contribution in [-0.4, -0.2) is 11.8 Å². The van der Waals surface area contributed by atoms with E-state index in [2.05, 4.69) is 0 Å². The minimum atomic E-state index is -0.458. The Morgan fingerprint density at radius 1 is 1.00 bits per heavy atom. The number of anilines is 2. The molecule has 1 aliphatic rings. The fraction of sp³-hybridized carbons (Fsp3) is 0. The van der Waals surface area contributed by atoms with Crippen molar-refractivity contribution in [2.75, 3.05) is 10.6 Å². The molecule has 5 nitrogen and oxygen atoms in total. The summed E-state index contributed by atoms with van der Waals surface area (Å²) in [6, 6.07) is 13.0. The first-order chi connectivity index (χ1) is 9.63. The molecule has 20 heavy (non-hydrogen) atoms. The lowest BCUT2D eigenvalue weighted by molar-refractivity contribution is 0.0926. The molecule has 0 radical (unpaired) electrons. The van der Waals surface area contributed by atoms with Crippen molar-refractivity contribution >= 4 is 23.2 Å². The maximum absolute atomic E-state index is 12.4. The van der Waals surface area contributed by atoms with E-state index >= 15 is 0 Å². The number of imide groups is 1. The molecule has 1 heterocycles. The predicted molar refractivity (Wildman–Crippen MR) is 73.2 cm³/mol. The molecule has 0 aromatic heterocycles. The molecular weight excluding hydrogens is 254 g/mol. The zero-order valence-electron chi connectivity index (χ0n) is 10.3. The summed E-state index contributed by atoms with van der Waals surface area (Å²) in [5.41, 5.74) is 7.20. The largest absolute Gasteiger partial charge is 0.399 e. The average molecular weight is 263 g/mol. The molecule has 0 saturated carbocycles. The molecule has 0 spiro atoms. The summed E-state index contributed by atoms with van der Waals surface area (Å²) in [5.74, 6) is -0.896. The second-order valence-corrected chi connectivity index (χ2v) is 4.38. The van der Waals surface area contributed by atoms with Crippen molar-refractivity contribution in [1.29, 1.82) is 5.26 Å². The summed E-state index contributed by atoms with van der Waals surface area (Å²) in [7, 11) is 0. The van der Waals surface area contributed by atoms with Crippen LogP contribution in [0.15, 0.2) is 42.5 Å². The van der Waals surface area contributed by atoms with Gasteiger partial charge < -0.3 is 5.73 Å². The molecule has 0 aliphatic carbocycles. The summed E-state index contributed by atoms with van der Waals surface area (Å²) in [5, 5.41) is 9.09. The molecule has 5 heteroatoms. The molecular formula is C15H9N3O2. The van der Waals surface area contributed by atoms with Crippen LogP contribution in [0.3, 0.4) is 0 Å². The first kappa shape index (κ1) is 11.9. The summed E-state index contributed by atoms with van der Waals surface area (Å²) < 4.78 is 0. The van der Waals surface area contributed by atoms with Gasteiger partial charge in [0, 0.05) is 5.69 Å². The van der Waals surface area contributed by atoms with Crippen LogP contribution in [0.2, 0.25) is 0 Å². The second-order valence-electron chi connectivity index (χ2n) is 4.38. The first-order valence-electron chi connectivity index (χ1n) is 5.91. The summed E-state index contributed by atoms with van der Waals surface area (Å²) in [6.45, 7) is 0. The topological polar surface area (TPSA) is 87.2 Å². The van der Waals surface area contributed by atoms with Crippen LogP contribution < -0.4 is 10.6 Å². The molecule has 2 amide bonds. The van der Waals surface area contributed by atoms with Gasteiger partial charge in [0.15, 0.2) is 0 Å². The van der Waals surface area contributed by atoms with Gasteiger partial charge >= 0.3 is 0 Å². The smallest absolute Gasteiger partial charge is 0.266 e.